The Bertz CT molecular complexity index is 249. The van der Waals surface area contributed by atoms with E-state index >= 15 is 0 Å². The van der Waals surface area contributed by atoms with Gasteiger partial charge in [0.15, 0.2) is 0 Å². The number of alkyl halides is 1. The second-order valence-electron chi connectivity index (χ2n) is 2.56. The van der Waals surface area contributed by atoms with E-state index in [9.17, 15) is 9.59 Å². The van der Waals surface area contributed by atoms with Crippen molar-refractivity contribution in [2.24, 2.45) is 0 Å². The molecule has 0 spiro atoms. The van der Waals surface area contributed by atoms with Crippen molar-refractivity contribution in [3.8, 4) is 6.07 Å². The number of hydrogen-bond acceptors (Lipinski definition) is 3. The summed E-state index contributed by atoms with van der Waals surface area (Å²) in [5.74, 6) is -1.27. The fourth-order valence-corrected chi connectivity index (χ4v) is 1.04. The average molecular weight is 219 g/mol. The number of rotatable bonds is 6. The third-order valence-electron chi connectivity index (χ3n) is 1.48. The molecule has 0 saturated carbocycles. The highest BCUT2D eigenvalue weighted by Crippen LogP contribution is 1.97. The summed E-state index contributed by atoms with van der Waals surface area (Å²) in [5.41, 5.74) is 0. The molecule has 1 amide bonds. The maximum Gasteiger partial charge on any atom is 0.323 e. The summed E-state index contributed by atoms with van der Waals surface area (Å²) >= 11 is 5.35. The first-order chi connectivity index (χ1) is 6.61. The molecule has 0 fully saturated rings. The topological polar surface area (TPSA) is 81.4 Å². The van der Waals surface area contributed by atoms with Gasteiger partial charge in [-0.15, -0.1) is 11.6 Å². The van der Waals surface area contributed by atoms with E-state index < -0.39 is 5.97 Å². The summed E-state index contributed by atoms with van der Waals surface area (Å²) in [6, 6.07) is 1.85. The Morgan fingerprint density at radius 2 is 2.14 bits per heavy atom. The molecule has 0 aliphatic heterocycles. The standard InChI is InChI=1S/C8H11ClN2O3/c9-3-2-7(12)11(5-1-4-10)6-8(13)14/h1-3,5-6H2,(H,13,14). The molecular weight excluding hydrogens is 208 g/mol. The number of nitriles is 1. The van der Waals surface area contributed by atoms with Crippen LogP contribution in [0.4, 0.5) is 0 Å². The maximum atomic E-state index is 11.3. The minimum atomic E-state index is -1.09. The van der Waals surface area contributed by atoms with Gasteiger partial charge in [-0.1, -0.05) is 0 Å². The quantitative estimate of drug-likeness (QED) is 0.656. The lowest BCUT2D eigenvalue weighted by molar-refractivity contribution is -0.144. The van der Waals surface area contributed by atoms with Crippen molar-refractivity contribution < 1.29 is 14.7 Å². The fraction of sp³-hybridized carbons (Fsp3) is 0.625. The molecule has 0 rings (SSSR count). The van der Waals surface area contributed by atoms with E-state index in [1.807, 2.05) is 6.07 Å². The highest BCUT2D eigenvalue weighted by Gasteiger charge is 2.15. The first-order valence-corrected chi connectivity index (χ1v) is 4.57. The van der Waals surface area contributed by atoms with Gasteiger partial charge < -0.3 is 10.0 Å². The van der Waals surface area contributed by atoms with Crippen LogP contribution in [0.5, 0.6) is 0 Å². The molecule has 14 heavy (non-hydrogen) atoms. The summed E-state index contributed by atoms with van der Waals surface area (Å²) in [6.07, 6.45) is 0.224. The Balaban J connectivity index is 4.16. The number of carbonyl (C=O) groups is 2. The van der Waals surface area contributed by atoms with E-state index in [0.29, 0.717) is 0 Å². The molecule has 0 aliphatic carbocycles. The van der Waals surface area contributed by atoms with E-state index in [0.717, 1.165) is 4.90 Å². The molecule has 78 valence electrons. The number of amides is 1. The summed E-state index contributed by atoms with van der Waals surface area (Å²) in [7, 11) is 0. The van der Waals surface area contributed by atoms with E-state index in [1.165, 1.54) is 0 Å². The zero-order valence-electron chi connectivity index (χ0n) is 7.57. The number of carboxylic acid groups (broad SMARTS) is 1. The van der Waals surface area contributed by atoms with Crippen LogP contribution in [0, 0.1) is 11.3 Å². The van der Waals surface area contributed by atoms with E-state index in [2.05, 4.69) is 0 Å². The molecule has 0 aromatic carbocycles. The molecule has 0 saturated heterocycles. The molecule has 5 nitrogen and oxygen atoms in total. The first-order valence-electron chi connectivity index (χ1n) is 4.04. The van der Waals surface area contributed by atoms with Gasteiger partial charge in [0, 0.05) is 18.8 Å². The number of nitrogens with zero attached hydrogens (tertiary/aromatic N) is 2. The largest absolute Gasteiger partial charge is 0.480 e. The Morgan fingerprint density at radius 1 is 1.50 bits per heavy atom. The van der Waals surface area contributed by atoms with Crippen LogP contribution < -0.4 is 0 Å². The van der Waals surface area contributed by atoms with Crippen LogP contribution in [-0.4, -0.2) is 40.9 Å². The van der Waals surface area contributed by atoms with Gasteiger partial charge in [0.1, 0.15) is 6.54 Å². The number of hydrogen-bond donors (Lipinski definition) is 1. The fourth-order valence-electron chi connectivity index (χ4n) is 0.879. The SMILES string of the molecule is N#CCCN(CC(=O)O)C(=O)CCCl. The normalized spacial score (nSPS) is 9.14. The molecule has 0 radical (unpaired) electrons. The summed E-state index contributed by atoms with van der Waals surface area (Å²) in [6.45, 7) is -0.240. The molecule has 6 heteroatoms. The Morgan fingerprint density at radius 3 is 2.57 bits per heavy atom. The minimum Gasteiger partial charge on any atom is -0.480 e. The van der Waals surface area contributed by atoms with Crippen molar-refractivity contribution in [2.45, 2.75) is 12.8 Å². The van der Waals surface area contributed by atoms with Crippen molar-refractivity contribution in [2.75, 3.05) is 19.0 Å². The third-order valence-corrected chi connectivity index (χ3v) is 1.67. The van der Waals surface area contributed by atoms with Crippen molar-refractivity contribution in [3.05, 3.63) is 0 Å². The van der Waals surface area contributed by atoms with Crippen molar-refractivity contribution >= 4 is 23.5 Å². The molecule has 1 N–H and O–H groups in total. The van der Waals surface area contributed by atoms with Gasteiger partial charge in [-0.05, 0) is 0 Å². The van der Waals surface area contributed by atoms with Crippen molar-refractivity contribution in [1.29, 1.82) is 5.26 Å². The number of halogens is 1. The van der Waals surface area contributed by atoms with Crippen LogP contribution in [0.2, 0.25) is 0 Å². The number of carbonyl (C=O) groups excluding carboxylic acids is 1. The summed E-state index contributed by atoms with van der Waals surface area (Å²) in [5, 5.41) is 16.8. The van der Waals surface area contributed by atoms with Gasteiger partial charge in [-0.25, -0.2) is 0 Å². The third kappa shape index (κ3) is 5.38. The predicted octanol–water partition coefficient (Wildman–Crippen LogP) is 0.442. The van der Waals surface area contributed by atoms with Crippen molar-refractivity contribution in [1.82, 2.24) is 4.90 Å². The van der Waals surface area contributed by atoms with Crippen LogP contribution in [-0.2, 0) is 9.59 Å². The van der Waals surface area contributed by atoms with Gasteiger partial charge in [-0.2, -0.15) is 5.26 Å². The molecule has 0 aromatic heterocycles. The molecule has 0 atom stereocenters. The maximum absolute atomic E-state index is 11.3. The first kappa shape index (κ1) is 12.7. The number of aliphatic carboxylic acids is 1. The van der Waals surface area contributed by atoms with Crippen LogP contribution in [0.25, 0.3) is 0 Å². The monoisotopic (exact) mass is 218 g/mol. The Hall–Kier alpha value is -1.28. The average Bonchev–Trinajstić information content (AvgIpc) is 2.12. The Labute approximate surface area is 86.9 Å². The second kappa shape index (κ2) is 7.15. The van der Waals surface area contributed by atoms with Gasteiger partial charge in [-0.3, -0.25) is 9.59 Å². The van der Waals surface area contributed by atoms with Gasteiger partial charge >= 0.3 is 5.97 Å². The van der Waals surface area contributed by atoms with E-state index in [4.69, 9.17) is 22.0 Å². The van der Waals surface area contributed by atoms with Crippen LogP contribution in [0.15, 0.2) is 0 Å². The second-order valence-corrected chi connectivity index (χ2v) is 2.93. The minimum absolute atomic E-state index is 0.0975. The predicted molar refractivity (Wildman–Crippen MR) is 49.8 cm³/mol. The summed E-state index contributed by atoms with van der Waals surface area (Å²) < 4.78 is 0. The van der Waals surface area contributed by atoms with Crippen molar-refractivity contribution in [3.63, 3.8) is 0 Å². The Kier molecular flexibility index (Phi) is 6.50. The smallest absolute Gasteiger partial charge is 0.323 e. The zero-order valence-corrected chi connectivity index (χ0v) is 8.33. The molecule has 0 aromatic rings. The zero-order chi connectivity index (χ0) is 11.0. The highest BCUT2D eigenvalue weighted by atomic mass is 35.5. The molecule has 0 unspecified atom stereocenters. The molecular formula is C8H11ClN2O3. The summed E-state index contributed by atoms with van der Waals surface area (Å²) in [4.78, 5) is 22.7. The van der Waals surface area contributed by atoms with Crippen LogP contribution in [0.3, 0.4) is 0 Å². The lowest BCUT2D eigenvalue weighted by Gasteiger charge is -2.18. The molecule has 0 heterocycles. The van der Waals surface area contributed by atoms with Gasteiger partial charge in [0.2, 0.25) is 5.91 Å². The molecule has 0 aliphatic rings. The van der Waals surface area contributed by atoms with Gasteiger partial charge in [0.25, 0.3) is 0 Å². The van der Waals surface area contributed by atoms with Gasteiger partial charge in [0.05, 0.1) is 12.5 Å². The van der Waals surface area contributed by atoms with E-state index in [1.54, 1.807) is 0 Å². The van der Waals surface area contributed by atoms with Crippen LogP contribution in [0.1, 0.15) is 12.8 Å². The molecule has 0 bridgehead atoms. The lowest BCUT2D eigenvalue weighted by Crippen LogP contribution is -2.36. The van der Waals surface area contributed by atoms with E-state index in [-0.39, 0.29) is 37.7 Å². The lowest BCUT2D eigenvalue weighted by atomic mass is 10.3. The van der Waals surface area contributed by atoms with Crippen LogP contribution >= 0.6 is 11.6 Å². The number of carboxylic acids is 1. The highest BCUT2D eigenvalue weighted by molar-refractivity contribution is 6.18.